The summed E-state index contributed by atoms with van der Waals surface area (Å²) in [4.78, 5) is 0. The topological polar surface area (TPSA) is 0 Å². The second kappa shape index (κ2) is 7.45. The molecule has 0 nitrogen and oxygen atoms in total. The van der Waals surface area contributed by atoms with Crippen LogP contribution in [0.3, 0.4) is 0 Å². The minimum atomic E-state index is -0.414. The van der Waals surface area contributed by atoms with Gasteiger partial charge in [0, 0.05) is 26.1 Å². The minimum absolute atomic E-state index is 0.207. The molecule has 0 aliphatic carbocycles. The Hall–Kier alpha value is -0.0900. The molecule has 0 aromatic heterocycles. The van der Waals surface area contributed by atoms with Gasteiger partial charge in [-0.05, 0) is 35.7 Å². The number of rotatable bonds is 5. The Kier molecular flexibility index (Phi) is 6.13. The number of benzene rings is 2. The lowest BCUT2D eigenvalue weighted by Gasteiger charge is -2.31. The third-order valence-corrected chi connectivity index (χ3v) is 6.23. The first-order valence-electron chi connectivity index (χ1n) is 6.33. The number of alkyl halides is 2. The molecule has 2 aromatic rings. The van der Waals surface area contributed by atoms with E-state index in [4.69, 9.17) is 23.2 Å². The molecule has 0 bridgehead atoms. The van der Waals surface area contributed by atoms with Crippen molar-refractivity contribution in [3.05, 3.63) is 69.5 Å². The first-order chi connectivity index (χ1) is 10.0. The van der Waals surface area contributed by atoms with Crippen LogP contribution in [0.25, 0.3) is 0 Å². The molecule has 21 heavy (non-hydrogen) atoms. The molecule has 0 N–H and O–H groups in total. The van der Waals surface area contributed by atoms with Crippen LogP contribution in [0.1, 0.15) is 11.1 Å². The van der Waals surface area contributed by atoms with Crippen molar-refractivity contribution in [3.8, 4) is 0 Å². The van der Waals surface area contributed by atoms with Gasteiger partial charge in [-0.25, -0.2) is 4.39 Å². The highest BCUT2D eigenvalue weighted by molar-refractivity contribution is 9.09. The van der Waals surface area contributed by atoms with Crippen LogP contribution in [0.2, 0.25) is 10.0 Å². The summed E-state index contributed by atoms with van der Waals surface area (Å²) in [5.41, 5.74) is 1.20. The predicted molar refractivity (Wildman–Crippen MR) is 95.8 cm³/mol. The Morgan fingerprint density at radius 3 is 2.24 bits per heavy atom. The van der Waals surface area contributed by atoms with Gasteiger partial charge in [0.1, 0.15) is 5.82 Å². The molecule has 2 aromatic carbocycles. The Balaban J connectivity index is 2.46. The highest BCUT2D eigenvalue weighted by atomic mass is 79.9. The Morgan fingerprint density at radius 1 is 1.00 bits per heavy atom. The lowest BCUT2D eigenvalue weighted by molar-refractivity contribution is 0.501. The number of hydrogen-bond acceptors (Lipinski definition) is 0. The molecule has 0 fully saturated rings. The SMILES string of the molecule is Fc1ccccc1C(CBr)(CBr)Cc1ccc(Cl)cc1Cl. The maximum absolute atomic E-state index is 14.2. The first-order valence-corrected chi connectivity index (χ1v) is 9.33. The molecule has 0 amide bonds. The van der Waals surface area contributed by atoms with E-state index in [1.165, 1.54) is 6.07 Å². The summed E-state index contributed by atoms with van der Waals surface area (Å²) in [6.45, 7) is 0. The van der Waals surface area contributed by atoms with Gasteiger partial charge in [-0.2, -0.15) is 0 Å². The highest BCUT2D eigenvalue weighted by Gasteiger charge is 2.33. The van der Waals surface area contributed by atoms with E-state index in [-0.39, 0.29) is 5.82 Å². The fourth-order valence-corrected chi connectivity index (χ4v) is 4.69. The van der Waals surface area contributed by atoms with Crippen molar-refractivity contribution in [2.24, 2.45) is 0 Å². The second-order valence-corrected chi connectivity index (χ2v) is 6.91. The molecule has 0 saturated carbocycles. The van der Waals surface area contributed by atoms with Crippen LogP contribution in [0.15, 0.2) is 42.5 Å². The van der Waals surface area contributed by atoms with E-state index < -0.39 is 5.41 Å². The van der Waals surface area contributed by atoms with Crippen molar-refractivity contribution in [2.75, 3.05) is 10.7 Å². The van der Waals surface area contributed by atoms with Crippen LogP contribution < -0.4 is 0 Å². The molecule has 0 unspecified atom stereocenters. The summed E-state index contributed by atoms with van der Waals surface area (Å²) < 4.78 is 14.2. The summed E-state index contributed by atoms with van der Waals surface area (Å²) in [5.74, 6) is -0.207. The molecule has 2 rings (SSSR count). The quantitative estimate of drug-likeness (QED) is 0.458. The van der Waals surface area contributed by atoms with Crippen LogP contribution in [0, 0.1) is 5.82 Å². The van der Waals surface area contributed by atoms with Crippen molar-refractivity contribution in [3.63, 3.8) is 0 Å². The molecule has 5 heteroatoms. The van der Waals surface area contributed by atoms with Crippen LogP contribution >= 0.6 is 55.1 Å². The molecule has 0 aliphatic rings. The van der Waals surface area contributed by atoms with Crippen LogP contribution in [-0.2, 0) is 11.8 Å². The van der Waals surface area contributed by atoms with Gasteiger partial charge in [0.25, 0.3) is 0 Å². The van der Waals surface area contributed by atoms with E-state index in [1.807, 2.05) is 18.2 Å². The molecule has 0 aliphatic heterocycles. The Morgan fingerprint density at radius 2 is 1.67 bits per heavy atom. The molecular formula is C16H13Br2Cl2F. The van der Waals surface area contributed by atoms with Gasteiger partial charge >= 0.3 is 0 Å². The third-order valence-electron chi connectivity index (χ3n) is 3.50. The van der Waals surface area contributed by atoms with E-state index in [2.05, 4.69) is 31.9 Å². The smallest absolute Gasteiger partial charge is 0.127 e. The van der Waals surface area contributed by atoms with Crippen LogP contribution in [0.5, 0.6) is 0 Å². The molecule has 0 spiro atoms. The standard InChI is InChI=1S/C16H13Br2Cl2F/c17-9-16(10-18,13-3-1-2-4-15(13)21)8-11-5-6-12(19)7-14(11)20/h1-7H,8-10H2. The fraction of sp³-hybridized carbons (Fsp3) is 0.250. The molecule has 112 valence electrons. The van der Waals surface area contributed by atoms with Crippen molar-refractivity contribution in [2.45, 2.75) is 11.8 Å². The molecule has 0 radical (unpaired) electrons. The first kappa shape index (κ1) is 17.3. The molecule has 0 atom stereocenters. The van der Waals surface area contributed by atoms with Gasteiger partial charge in [0.2, 0.25) is 0 Å². The van der Waals surface area contributed by atoms with E-state index in [0.717, 1.165) is 5.56 Å². The predicted octanol–water partition coefficient (Wildman–Crippen LogP) is 6.40. The Labute approximate surface area is 150 Å². The minimum Gasteiger partial charge on any atom is -0.207 e. The zero-order valence-electron chi connectivity index (χ0n) is 11.1. The average molecular weight is 455 g/mol. The van der Waals surface area contributed by atoms with Crippen LogP contribution in [-0.4, -0.2) is 10.7 Å². The zero-order valence-corrected chi connectivity index (χ0v) is 15.7. The lowest BCUT2D eigenvalue weighted by Crippen LogP contribution is -2.34. The van der Waals surface area contributed by atoms with E-state index >= 15 is 0 Å². The van der Waals surface area contributed by atoms with Crippen molar-refractivity contribution in [1.82, 2.24) is 0 Å². The number of halogens is 5. The summed E-state index contributed by atoms with van der Waals surface area (Å²) in [6, 6.07) is 12.3. The molecular weight excluding hydrogens is 442 g/mol. The van der Waals surface area contributed by atoms with Gasteiger partial charge in [0.05, 0.1) is 0 Å². The second-order valence-electron chi connectivity index (χ2n) is 4.94. The summed E-state index contributed by atoms with van der Waals surface area (Å²) >= 11 is 19.3. The van der Waals surface area contributed by atoms with E-state index in [1.54, 1.807) is 18.2 Å². The monoisotopic (exact) mass is 452 g/mol. The average Bonchev–Trinajstić information content (AvgIpc) is 2.48. The maximum atomic E-state index is 14.2. The summed E-state index contributed by atoms with van der Waals surface area (Å²) in [7, 11) is 0. The largest absolute Gasteiger partial charge is 0.207 e. The fourth-order valence-electron chi connectivity index (χ4n) is 2.29. The lowest BCUT2D eigenvalue weighted by atomic mass is 9.79. The van der Waals surface area contributed by atoms with Gasteiger partial charge < -0.3 is 0 Å². The van der Waals surface area contributed by atoms with Gasteiger partial charge in [-0.15, -0.1) is 0 Å². The van der Waals surface area contributed by atoms with Crippen molar-refractivity contribution in [1.29, 1.82) is 0 Å². The number of hydrogen-bond donors (Lipinski definition) is 0. The normalized spacial score (nSPS) is 11.7. The summed E-state index contributed by atoms with van der Waals surface area (Å²) in [6.07, 6.45) is 0.612. The van der Waals surface area contributed by atoms with Crippen molar-refractivity contribution < 1.29 is 4.39 Å². The molecule has 0 heterocycles. The van der Waals surface area contributed by atoms with Crippen LogP contribution in [0.4, 0.5) is 4.39 Å². The van der Waals surface area contributed by atoms with E-state index in [0.29, 0.717) is 32.7 Å². The third kappa shape index (κ3) is 3.82. The highest BCUT2D eigenvalue weighted by Crippen LogP contribution is 2.36. The van der Waals surface area contributed by atoms with Crippen molar-refractivity contribution >= 4 is 55.1 Å². The van der Waals surface area contributed by atoms with Gasteiger partial charge in [0.15, 0.2) is 0 Å². The zero-order chi connectivity index (χ0) is 15.5. The molecule has 0 saturated heterocycles. The maximum Gasteiger partial charge on any atom is 0.127 e. The Bertz CT molecular complexity index is 627. The van der Waals surface area contributed by atoms with Gasteiger partial charge in [-0.1, -0.05) is 79.3 Å². The van der Waals surface area contributed by atoms with E-state index in [9.17, 15) is 4.39 Å². The van der Waals surface area contributed by atoms with Gasteiger partial charge in [-0.3, -0.25) is 0 Å². The summed E-state index contributed by atoms with van der Waals surface area (Å²) in [5, 5.41) is 2.43.